The minimum absolute atomic E-state index is 0.140. The lowest BCUT2D eigenvalue weighted by molar-refractivity contribution is 0.0974. The van der Waals surface area contributed by atoms with Crippen molar-refractivity contribution in [3.8, 4) is 12.3 Å². The van der Waals surface area contributed by atoms with Crippen LogP contribution in [0.2, 0.25) is 0 Å². The van der Waals surface area contributed by atoms with Crippen molar-refractivity contribution in [3.05, 3.63) is 39.3 Å². The van der Waals surface area contributed by atoms with Crippen molar-refractivity contribution >= 4 is 11.5 Å². The van der Waals surface area contributed by atoms with E-state index in [0.29, 0.717) is 0 Å². The van der Waals surface area contributed by atoms with Crippen LogP contribution >= 0.6 is 0 Å². The third kappa shape index (κ3) is 2.67. The van der Waals surface area contributed by atoms with Gasteiger partial charge in [-0.15, -0.1) is 12.3 Å². The molecular formula is C11H5F4N3O. The smallest absolute Gasteiger partial charge is 0.173 e. The highest BCUT2D eigenvalue weighted by Crippen LogP contribution is 2.31. The third-order valence-corrected chi connectivity index (χ3v) is 2.16. The van der Waals surface area contributed by atoms with Gasteiger partial charge in [-0.2, -0.15) is 0 Å². The first-order chi connectivity index (χ1) is 8.95. The molecule has 0 heterocycles. The quantitative estimate of drug-likeness (QED) is 0.156. The number of benzene rings is 1. The van der Waals surface area contributed by atoms with Gasteiger partial charge in [-0.25, -0.2) is 17.6 Å². The number of nitrogens with zero attached hydrogens (tertiary/aromatic N) is 3. The summed E-state index contributed by atoms with van der Waals surface area (Å²) >= 11 is 0. The number of azide groups is 1. The Hall–Kier alpha value is -2.52. The summed E-state index contributed by atoms with van der Waals surface area (Å²) in [5.41, 5.74) is 5.20. The Morgan fingerprint density at radius 3 is 2.16 bits per heavy atom. The standard InChI is InChI=1S/C11H5F4N3O/c1-2-3-4-5(19)6-7(12)9(14)11(17-18-16)10(15)8(6)13/h1H,3-4H2. The maximum atomic E-state index is 13.5. The molecule has 0 aliphatic rings. The molecule has 1 aromatic rings. The zero-order valence-electron chi connectivity index (χ0n) is 9.25. The number of hydrogen-bond acceptors (Lipinski definition) is 2. The molecule has 0 bridgehead atoms. The van der Waals surface area contributed by atoms with E-state index in [-0.39, 0.29) is 6.42 Å². The molecule has 1 aromatic carbocycles. The second-order valence-corrected chi connectivity index (χ2v) is 3.30. The van der Waals surface area contributed by atoms with Crippen LogP contribution in [-0.2, 0) is 0 Å². The van der Waals surface area contributed by atoms with E-state index in [1.165, 1.54) is 0 Å². The summed E-state index contributed by atoms with van der Waals surface area (Å²) in [5.74, 6) is -6.82. The molecule has 8 heteroatoms. The normalized spacial score (nSPS) is 9.63. The minimum atomic E-state index is -1.93. The van der Waals surface area contributed by atoms with E-state index in [0.717, 1.165) is 0 Å². The number of carbonyl (C=O) groups excluding carboxylic acids is 1. The Morgan fingerprint density at radius 2 is 1.74 bits per heavy atom. The first kappa shape index (κ1) is 14.5. The number of rotatable bonds is 4. The fraction of sp³-hybridized carbons (Fsp3) is 0.182. The first-order valence-corrected chi connectivity index (χ1v) is 4.83. The van der Waals surface area contributed by atoms with Gasteiger partial charge in [-0.05, 0) is 5.53 Å². The molecule has 1 rings (SSSR count). The van der Waals surface area contributed by atoms with Crippen LogP contribution in [0.4, 0.5) is 23.2 Å². The summed E-state index contributed by atoms with van der Waals surface area (Å²) < 4.78 is 53.6. The van der Waals surface area contributed by atoms with Gasteiger partial charge in [-0.3, -0.25) is 4.79 Å². The molecule has 0 aliphatic carbocycles. The minimum Gasteiger partial charge on any atom is -0.294 e. The fourth-order valence-electron chi connectivity index (χ4n) is 1.31. The number of carbonyl (C=O) groups is 1. The maximum Gasteiger partial charge on any atom is 0.173 e. The molecule has 4 nitrogen and oxygen atoms in total. The molecule has 0 fully saturated rings. The topological polar surface area (TPSA) is 65.8 Å². The van der Waals surface area contributed by atoms with Gasteiger partial charge in [0.15, 0.2) is 29.1 Å². The molecular weight excluding hydrogens is 266 g/mol. The van der Waals surface area contributed by atoms with Gasteiger partial charge >= 0.3 is 0 Å². The predicted octanol–water partition coefficient (Wildman–Crippen LogP) is 3.78. The largest absolute Gasteiger partial charge is 0.294 e. The highest BCUT2D eigenvalue weighted by atomic mass is 19.2. The Labute approximate surface area is 104 Å². The third-order valence-electron chi connectivity index (χ3n) is 2.16. The van der Waals surface area contributed by atoms with E-state index in [2.05, 4.69) is 5.11 Å². The lowest BCUT2D eigenvalue weighted by Gasteiger charge is -2.07. The number of terminal acetylenes is 1. The Balaban J connectivity index is 3.48. The summed E-state index contributed by atoms with van der Waals surface area (Å²) in [6.07, 6.45) is 4.25. The zero-order valence-corrected chi connectivity index (χ0v) is 9.25. The van der Waals surface area contributed by atoms with Crippen LogP contribution in [0.3, 0.4) is 0 Å². The average Bonchev–Trinajstić information content (AvgIpc) is 2.39. The second kappa shape index (κ2) is 5.89. The molecule has 0 N–H and O–H groups in total. The molecule has 0 saturated heterocycles. The summed E-state index contributed by atoms with van der Waals surface area (Å²) in [6.45, 7) is 0. The fourth-order valence-corrected chi connectivity index (χ4v) is 1.31. The first-order valence-electron chi connectivity index (χ1n) is 4.83. The summed E-state index contributed by atoms with van der Waals surface area (Å²) in [7, 11) is 0. The van der Waals surface area contributed by atoms with Crippen molar-refractivity contribution in [3.63, 3.8) is 0 Å². The van der Waals surface area contributed by atoms with Gasteiger partial charge in [0, 0.05) is 17.8 Å². The van der Waals surface area contributed by atoms with Crippen LogP contribution in [0.1, 0.15) is 23.2 Å². The molecule has 19 heavy (non-hydrogen) atoms. The summed E-state index contributed by atoms with van der Waals surface area (Å²) in [5, 5.41) is 2.50. The predicted molar refractivity (Wildman–Crippen MR) is 57.5 cm³/mol. The number of hydrogen-bond donors (Lipinski definition) is 0. The molecule has 98 valence electrons. The van der Waals surface area contributed by atoms with Gasteiger partial charge in [-0.1, -0.05) is 5.11 Å². The zero-order chi connectivity index (χ0) is 14.6. The van der Waals surface area contributed by atoms with E-state index in [9.17, 15) is 22.4 Å². The van der Waals surface area contributed by atoms with E-state index in [1.54, 1.807) is 0 Å². The van der Waals surface area contributed by atoms with E-state index < -0.39 is 46.7 Å². The van der Waals surface area contributed by atoms with Gasteiger partial charge in [0.25, 0.3) is 0 Å². The Kier molecular flexibility index (Phi) is 4.51. The van der Waals surface area contributed by atoms with Crippen molar-refractivity contribution in [1.29, 1.82) is 0 Å². The lowest BCUT2D eigenvalue weighted by Crippen LogP contribution is -2.10. The average molecular weight is 271 g/mol. The SMILES string of the molecule is C#CCCC(=O)c1c(F)c(F)c(N=[N+]=[N-])c(F)c1F. The van der Waals surface area contributed by atoms with Crippen LogP contribution < -0.4 is 0 Å². The summed E-state index contributed by atoms with van der Waals surface area (Å²) in [6, 6.07) is 0. The molecule has 0 unspecified atom stereocenters. The maximum absolute atomic E-state index is 13.5. The van der Waals surface area contributed by atoms with Crippen LogP contribution in [0.15, 0.2) is 5.11 Å². The van der Waals surface area contributed by atoms with Gasteiger partial charge < -0.3 is 0 Å². The van der Waals surface area contributed by atoms with Crippen molar-refractivity contribution in [2.45, 2.75) is 12.8 Å². The molecule has 0 amide bonds. The van der Waals surface area contributed by atoms with Gasteiger partial charge in [0.2, 0.25) is 0 Å². The van der Waals surface area contributed by atoms with Crippen LogP contribution in [0, 0.1) is 35.6 Å². The van der Waals surface area contributed by atoms with Gasteiger partial charge in [0.1, 0.15) is 5.69 Å². The molecule has 0 atom stereocenters. The van der Waals surface area contributed by atoms with Crippen LogP contribution in [0.25, 0.3) is 10.4 Å². The Bertz CT molecular complexity index is 601. The highest BCUT2D eigenvalue weighted by molar-refractivity contribution is 5.97. The number of Topliss-reactive ketones (excluding diaryl/α,β-unsaturated/α-hetero) is 1. The number of halogens is 4. The number of ketones is 1. The van der Waals surface area contributed by atoms with Crippen molar-refractivity contribution in [2.24, 2.45) is 5.11 Å². The molecule has 0 aromatic heterocycles. The molecule has 0 radical (unpaired) electrons. The van der Waals surface area contributed by atoms with Gasteiger partial charge in [0.05, 0.1) is 5.56 Å². The summed E-state index contributed by atoms with van der Waals surface area (Å²) in [4.78, 5) is 13.4. The van der Waals surface area contributed by atoms with E-state index in [1.807, 2.05) is 10.8 Å². The molecule has 0 spiro atoms. The second-order valence-electron chi connectivity index (χ2n) is 3.30. The highest BCUT2D eigenvalue weighted by Gasteiger charge is 2.28. The molecule has 0 aliphatic heterocycles. The van der Waals surface area contributed by atoms with Crippen molar-refractivity contribution in [2.75, 3.05) is 0 Å². The van der Waals surface area contributed by atoms with Crippen molar-refractivity contribution in [1.82, 2.24) is 0 Å². The Morgan fingerprint density at radius 1 is 1.21 bits per heavy atom. The van der Waals surface area contributed by atoms with E-state index in [4.69, 9.17) is 12.0 Å². The monoisotopic (exact) mass is 271 g/mol. The molecule has 0 saturated carbocycles. The van der Waals surface area contributed by atoms with Crippen LogP contribution in [-0.4, -0.2) is 5.78 Å². The van der Waals surface area contributed by atoms with E-state index >= 15 is 0 Å². The van der Waals surface area contributed by atoms with Crippen LogP contribution in [0.5, 0.6) is 0 Å². The van der Waals surface area contributed by atoms with Crippen molar-refractivity contribution < 1.29 is 22.4 Å². The lowest BCUT2D eigenvalue weighted by atomic mass is 10.0.